The van der Waals surface area contributed by atoms with Crippen molar-refractivity contribution in [2.75, 3.05) is 60.6 Å². The minimum Gasteiger partial charge on any atom is -0.469 e. The number of hydrogen-bond donors (Lipinski definition) is 2. The minimum absolute atomic E-state index is 0.136. The molecule has 0 saturated heterocycles. The van der Waals surface area contributed by atoms with Crippen LogP contribution in [0, 0.1) is 0 Å². The van der Waals surface area contributed by atoms with Gasteiger partial charge < -0.3 is 25.0 Å². The smallest absolute Gasteiger partial charge is 0.305 e. The van der Waals surface area contributed by atoms with Crippen molar-refractivity contribution in [3.63, 3.8) is 0 Å². The van der Waals surface area contributed by atoms with Crippen LogP contribution in [0.1, 0.15) is 39.0 Å². The van der Waals surface area contributed by atoms with E-state index < -0.39 is 0 Å². The summed E-state index contributed by atoms with van der Waals surface area (Å²) in [7, 11) is 5.27. The number of hydrogen-bond acceptors (Lipinski definition) is 5. The number of carbonyl (C=O) groups excluding carboxylic acids is 1. The number of ether oxygens (including phenoxy) is 2. The summed E-state index contributed by atoms with van der Waals surface area (Å²) in [6.45, 7) is 7.33. The maximum atomic E-state index is 11.0. The summed E-state index contributed by atoms with van der Waals surface area (Å²) in [6.07, 6.45) is 4.36. The molecule has 0 rings (SSSR count). The second-order valence-electron chi connectivity index (χ2n) is 5.72. The zero-order valence-electron chi connectivity index (χ0n) is 15.9. The minimum atomic E-state index is -0.136. The molecule has 0 unspecified atom stereocenters. The van der Waals surface area contributed by atoms with Crippen molar-refractivity contribution in [3.05, 3.63) is 0 Å². The number of likely N-dealkylation sites (N-methyl/N-ethyl adjacent to an activating group) is 1. The highest BCUT2D eigenvalue weighted by Crippen LogP contribution is 2.01. The highest BCUT2D eigenvalue weighted by molar-refractivity contribution is 5.79. The van der Waals surface area contributed by atoms with Gasteiger partial charge in [-0.15, -0.1) is 0 Å². The van der Waals surface area contributed by atoms with Gasteiger partial charge in [0.15, 0.2) is 5.96 Å². The lowest BCUT2D eigenvalue weighted by Crippen LogP contribution is -2.41. The van der Waals surface area contributed by atoms with Gasteiger partial charge in [0.05, 0.1) is 7.11 Å². The second kappa shape index (κ2) is 16.5. The number of methoxy groups -OCH3 is 2. The Morgan fingerprint density at radius 1 is 1.08 bits per heavy atom. The maximum absolute atomic E-state index is 11.0. The lowest BCUT2D eigenvalue weighted by molar-refractivity contribution is -0.140. The van der Waals surface area contributed by atoms with Crippen molar-refractivity contribution in [1.82, 2.24) is 15.5 Å². The molecule has 142 valence electrons. The molecule has 0 aromatic rings. The predicted octanol–water partition coefficient (Wildman–Crippen LogP) is 1.24. The summed E-state index contributed by atoms with van der Waals surface area (Å²) < 4.78 is 9.69. The monoisotopic (exact) mass is 344 g/mol. The van der Waals surface area contributed by atoms with E-state index in [0.717, 1.165) is 71.0 Å². The number of nitrogens with zero attached hydrogens (tertiary/aromatic N) is 2. The lowest BCUT2D eigenvalue weighted by atomic mass is 10.2. The molecule has 0 aliphatic rings. The van der Waals surface area contributed by atoms with Gasteiger partial charge in [0.1, 0.15) is 0 Å². The van der Waals surface area contributed by atoms with Gasteiger partial charge in [-0.2, -0.15) is 0 Å². The number of esters is 1. The third kappa shape index (κ3) is 14.3. The molecule has 0 heterocycles. The molecule has 24 heavy (non-hydrogen) atoms. The van der Waals surface area contributed by atoms with Crippen LogP contribution in [0.15, 0.2) is 4.99 Å². The van der Waals surface area contributed by atoms with E-state index in [1.807, 2.05) is 0 Å². The van der Waals surface area contributed by atoms with Crippen LogP contribution in [0.2, 0.25) is 0 Å². The van der Waals surface area contributed by atoms with Gasteiger partial charge in [0, 0.05) is 52.9 Å². The molecule has 0 aliphatic heterocycles. The van der Waals surface area contributed by atoms with Crippen molar-refractivity contribution in [2.45, 2.75) is 39.0 Å². The lowest BCUT2D eigenvalue weighted by Gasteiger charge is -2.18. The molecule has 0 atom stereocenters. The van der Waals surface area contributed by atoms with E-state index in [1.54, 1.807) is 7.11 Å². The Hall–Kier alpha value is -1.34. The molecule has 0 aliphatic carbocycles. The van der Waals surface area contributed by atoms with E-state index >= 15 is 0 Å². The first-order valence-corrected chi connectivity index (χ1v) is 8.90. The van der Waals surface area contributed by atoms with Crippen LogP contribution < -0.4 is 10.6 Å². The predicted molar refractivity (Wildman–Crippen MR) is 98.5 cm³/mol. The topological polar surface area (TPSA) is 75.2 Å². The molecule has 0 aromatic heterocycles. The summed E-state index contributed by atoms with van der Waals surface area (Å²) in [5.41, 5.74) is 0. The molecule has 7 heteroatoms. The molecule has 0 spiro atoms. The summed E-state index contributed by atoms with van der Waals surface area (Å²) >= 11 is 0. The van der Waals surface area contributed by atoms with Gasteiger partial charge in [-0.1, -0.05) is 6.42 Å². The number of nitrogens with one attached hydrogen (secondary N) is 2. The highest BCUT2D eigenvalue weighted by Gasteiger charge is 2.01. The van der Waals surface area contributed by atoms with Crippen molar-refractivity contribution >= 4 is 11.9 Å². The summed E-state index contributed by atoms with van der Waals surface area (Å²) in [6, 6.07) is 0. The fourth-order valence-electron chi connectivity index (χ4n) is 2.15. The SMILES string of the molecule is CCNC(=NCCCCCC(=O)OC)NCCN(C)CCCOC. The van der Waals surface area contributed by atoms with Gasteiger partial charge in [-0.25, -0.2) is 0 Å². The van der Waals surface area contributed by atoms with Gasteiger partial charge in [0.25, 0.3) is 0 Å². The number of aliphatic imine (C=N–C) groups is 1. The van der Waals surface area contributed by atoms with E-state index in [0.29, 0.717) is 6.42 Å². The summed E-state index contributed by atoms with van der Waals surface area (Å²) in [5, 5.41) is 6.61. The van der Waals surface area contributed by atoms with E-state index in [2.05, 4.69) is 39.2 Å². The third-order valence-electron chi connectivity index (χ3n) is 3.56. The van der Waals surface area contributed by atoms with Gasteiger partial charge in [0.2, 0.25) is 0 Å². The largest absolute Gasteiger partial charge is 0.469 e. The number of rotatable bonds is 14. The standard InChI is InChI=1S/C17H36N4O3/c1-5-18-17(19-11-8-6-7-10-16(22)24-4)20-12-14-21(2)13-9-15-23-3/h5-15H2,1-4H3,(H2,18,19,20). The van der Waals surface area contributed by atoms with E-state index in [1.165, 1.54) is 7.11 Å². The van der Waals surface area contributed by atoms with Crippen LogP contribution in [-0.2, 0) is 14.3 Å². The summed E-state index contributed by atoms with van der Waals surface area (Å²) in [4.78, 5) is 17.9. The van der Waals surface area contributed by atoms with Crippen molar-refractivity contribution < 1.29 is 14.3 Å². The Morgan fingerprint density at radius 3 is 2.54 bits per heavy atom. The van der Waals surface area contributed by atoms with Gasteiger partial charge >= 0.3 is 5.97 Å². The van der Waals surface area contributed by atoms with Crippen LogP contribution >= 0.6 is 0 Å². The highest BCUT2D eigenvalue weighted by atomic mass is 16.5. The van der Waals surface area contributed by atoms with Crippen LogP contribution in [0.3, 0.4) is 0 Å². The van der Waals surface area contributed by atoms with E-state index in [4.69, 9.17) is 4.74 Å². The fraction of sp³-hybridized carbons (Fsp3) is 0.882. The molecule has 0 fully saturated rings. The van der Waals surface area contributed by atoms with Crippen molar-refractivity contribution in [3.8, 4) is 0 Å². The summed E-state index contributed by atoms with van der Waals surface area (Å²) in [5.74, 6) is 0.721. The molecule has 0 amide bonds. The first-order chi connectivity index (χ1) is 11.6. The molecule has 0 aromatic carbocycles. The first kappa shape index (κ1) is 22.7. The van der Waals surface area contributed by atoms with Crippen LogP contribution in [-0.4, -0.2) is 77.4 Å². The normalized spacial score (nSPS) is 11.6. The second-order valence-corrected chi connectivity index (χ2v) is 5.72. The van der Waals surface area contributed by atoms with Crippen LogP contribution in [0.4, 0.5) is 0 Å². The first-order valence-electron chi connectivity index (χ1n) is 8.90. The van der Waals surface area contributed by atoms with Gasteiger partial charge in [-0.05, 0) is 33.2 Å². The van der Waals surface area contributed by atoms with E-state index in [9.17, 15) is 4.79 Å². The zero-order valence-corrected chi connectivity index (χ0v) is 15.9. The fourth-order valence-corrected chi connectivity index (χ4v) is 2.15. The number of unbranched alkanes of at least 4 members (excludes halogenated alkanes) is 2. The third-order valence-corrected chi connectivity index (χ3v) is 3.56. The van der Waals surface area contributed by atoms with E-state index in [-0.39, 0.29) is 5.97 Å². The van der Waals surface area contributed by atoms with Crippen molar-refractivity contribution in [1.29, 1.82) is 0 Å². The Balaban J connectivity index is 3.83. The molecule has 0 saturated carbocycles. The Morgan fingerprint density at radius 2 is 1.88 bits per heavy atom. The molecule has 0 bridgehead atoms. The quantitative estimate of drug-likeness (QED) is 0.214. The molecular formula is C17H36N4O3. The Bertz CT molecular complexity index is 338. The zero-order chi connectivity index (χ0) is 18.0. The number of guanidine groups is 1. The molecule has 0 radical (unpaired) electrons. The van der Waals surface area contributed by atoms with Crippen LogP contribution in [0.5, 0.6) is 0 Å². The Kier molecular flexibility index (Phi) is 15.6. The average molecular weight is 345 g/mol. The average Bonchev–Trinajstić information content (AvgIpc) is 2.57. The van der Waals surface area contributed by atoms with Crippen LogP contribution in [0.25, 0.3) is 0 Å². The molecule has 7 nitrogen and oxygen atoms in total. The Labute approximate surface area is 147 Å². The van der Waals surface area contributed by atoms with Crippen molar-refractivity contribution in [2.24, 2.45) is 4.99 Å². The molecular weight excluding hydrogens is 308 g/mol. The maximum Gasteiger partial charge on any atom is 0.305 e. The number of carbonyl (C=O) groups is 1. The molecule has 2 N–H and O–H groups in total. The van der Waals surface area contributed by atoms with Gasteiger partial charge in [-0.3, -0.25) is 9.79 Å².